The molecule has 3 rings (SSSR count). The predicted octanol–water partition coefficient (Wildman–Crippen LogP) is 4.93. The molecule has 0 saturated heterocycles. The van der Waals surface area contributed by atoms with Crippen LogP contribution in [0.4, 0.5) is 4.79 Å². The van der Waals surface area contributed by atoms with Gasteiger partial charge in [0.2, 0.25) is 0 Å². The third kappa shape index (κ3) is 7.70. The van der Waals surface area contributed by atoms with Crippen LogP contribution in [0.2, 0.25) is 0 Å². The molecule has 2 aromatic rings. The van der Waals surface area contributed by atoms with Gasteiger partial charge in [0.05, 0.1) is 24.4 Å². The average molecular weight is 583 g/mol. The van der Waals surface area contributed by atoms with E-state index in [2.05, 4.69) is 18.7 Å². The lowest BCUT2D eigenvalue weighted by Gasteiger charge is -2.46. The summed E-state index contributed by atoms with van der Waals surface area (Å²) in [4.78, 5) is 29.3. The Kier molecular flexibility index (Phi) is 10.8. The van der Waals surface area contributed by atoms with Gasteiger partial charge in [0.15, 0.2) is 0 Å². The number of amides is 1. The number of benzene rings is 2. The average Bonchev–Trinajstić information content (AvgIpc) is 2.94. The SMILES string of the molecule is CCN(CC)CCN(C)C(=O)Oc1ccc(C2=C(COC(=O)c3ccc(C)cc3)C(C)(O)CC(C)(C)C2O)c(OC)c1. The van der Waals surface area contributed by atoms with Gasteiger partial charge in [-0.15, -0.1) is 0 Å². The predicted molar refractivity (Wildman–Crippen MR) is 163 cm³/mol. The summed E-state index contributed by atoms with van der Waals surface area (Å²) in [6.07, 6.45) is -1.25. The van der Waals surface area contributed by atoms with Crippen molar-refractivity contribution in [2.75, 3.05) is 46.9 Å². The summed E-state index contributed by atoms with van der Waals surface area (Å²) in [5.41, 5.74) is 0.638. The molecule has 0 saturated carbocycles. The normalized spacial score (nSPS) is 19.9. The number of aliphatic hydroxyl groups is 2. The van der Waals surface area contributed by atoms with Crippen LogP contribution in [0.1, 0.15) is 62.5 Å². The summed E-state index contributed by atoms with van der Waals surface area (Å²) < 4.78 is 17.0. The van der Waals surface area contributed by atoms with Gasteiger partial charge in [-0.3, -0.25) is 0 Å². The molecule has 1 aliphatic carbocycles. The fraction of sp³-hybridized carbons (Fsp3) is 0.515. The van der Waals surface area contributed by atoms with Crippen LogP contribution in [0.15, 0.2) is 48.0 Å². The number of likely N-dealkylation sites (N-methyl/N-ethyl adjacent to an activating group) is 2. The summed E-state index contributed by atoms with van der Waals surface area (Å²) in [5.74, 6) is 0.0897. The van der Waals surface area contributed by atoms with Crippen molar-refractivity contribution in [3.63, 3.8) is 0 Å². The van der Waals surface area contributed by atoms with E-state index in [1.165, 1.54) is 12.0 Å². The van der Waals surface area contributed by atoms with E-state index in [0.717, 1.165) is 25.2 Å². The second-order valence-electron chi connectivity index (χ2n) is 11.9. The quantitative estimate of drug-likeness (QED) is 0.359. The van der Waals surface area contributed by atoms with E-state index < -0.39 is 29.2 Å². The van der Waals surface area contributed by atoms with Gasteiger partial charge in [-0.25, -0.2) is 9.59 Å². The summed E-state index contributed by atoms with van der Waals surface area (Å²) in [7, 11) is 3.17. The molecular formula is C33H46N2O7. The molecule has 2 aromatic carbocycles. The Hall–Kier alpha value is -3.40. The van der Waals surface area contributed by atoms with E-state index in [1.807, 2.05) is 32.9 Å². The first-order valence-corrected chi connectivity index (χ1v) is 14.5. The smallest absolute Gasteiger partial charge is 0.415 e. The van der Waals surface area contributed by atoms with Crippen LogP contribution >= 0.6 is 0 Å². The number of aryl methyl sites for hydroxylation is 1. The van der Waals surface area contributed by atoms with Gasteiger partial charge in [0.25, 0.3) is 0 Å². The first-order chi connectivity index (χ1) is 19.7. The van der Waals surface area contributed by atoms with Crippen LogP contribution in [-0.4, -0.2) is 90.7 Å². The van der Waals surface area contributed by atoms with Gasteiger partial charge >= 0.3 is 12.1 Å². The Bertz CT molecular complexity index is 1280. The van der Waals surface area contributed by atoms with Crippen LogP contribution in [0.5, 0.6) is 11.5 Å². The number of carbonyl (C=O) groups is 2. The van der Waals surface area contributed by atoms with Gasteiger partial charge in [0.1, 0.15) is 18.1 Å². The molecule has 0 bridgehead atoms. The molecule has 9 nitrogen and oxygen atoms in total. The maximum Gasteiger partial charge on any atom is 0.415 e. The minimum atomic E-state index is -1.38. The minimum absolute atomic E-state index is 0.223. The van der Waals surface area contributed by atoms with E-state index in [1.54, 1.807) is 44.3 Å². The van der Waals surface area contributed by atoms with E-state index in [-0.39, 0.29) is 18.8 Å². The van der Waals surface area contributed by atoms with E-state index in [4.69, 9.17) is 14.2 Å². The van der Waals surface area contributed by atoms with Gasteiger partial charge < -0.3 is 34.2 Å². The molecule has 9 heteroatoms. The van der Waals surface area contributed by atoms with Crippen LogP contribution in [0, 0.1) is 12.3 Å². The first kappa shape index (κ1) is 33.1. The van der Waals surface area contributed by atoms with Crippen LogP contribution in [0.25, 0.3) is 5.57 Å². The number of nitrogens with zero attached hydrogens (tertiary/aromatic N) is 2. The molecular weight excluding hydrogens is 536 g/mol. The number of aliphatic hydroxyl groups excluding tert-OH is 1. The van der Waals surface area contributed by atoms with Crippen molar-refractivity contribution < 1.29 is 34.0 Å². The lowest BCUT2D eigenvalue weighted by atomic mass is 9.64. The molecule has 1 amide bonds. The maximum absolute atomic E-state index is 12.8. The highest BCUT2D eigenvalue weighted by Gasteiger charge is 2.47. The number of methoxy groups -OCH3 is 1. The number of carbonyl (C=O) groups excluding carboxylic acids is 2. The molecule has 2 unspecified atom stereocenters. The van der Waals surface area contributed by atoms with Crippen LogP contribution in [0.3, 0.4) is 0 Å². The standard InChI is InChI=1S/C33H46N2O7/c1-9-35(10-2)18-17-34(7)31(38)42-24-15-16-25(27(19-24)40-8)28-26(33(6,39)21-32(4,5)29(28)36)20-41-30(37)23-13-11-22(3)12-14-23/h11-16,19,29,36,39H,9-10,17-18,20-21H2,1-8H3. The molecule has 0 radical (unpaired) electrons. The van der Waals surface area contributed by atoms with E-state index in [9.17, 15) is 19.8 Å². The maximum atomic E-state index is 12.8. The monoisotopic (exact) mass is 582 g/mol. The zero-order chi connectivity index (χ0) is 31.2. The van der Waals surface area contributed by atoms with Crippen molar-refractivity contribution in [2.45, 2.75) is 59.7 Å². The molecule has 2 N–H and O–H groups in total. The van der Waals surface area contributed by atoms with Crippen molar-refractivity contribution in [2.24, 2.45) is 5.41 Å². The molecule has 0 heterocycles. The fourth-order valence-electron chi connectivity index (χ4n) is 5.45. The van der Waals surface area contributed by atoms with Gasteiger partial charge in [0, 0.05) is 37.3 Å². The number of ether oxygens (including phenoxy) is 3. The minimum Gasteiger partial charge on any atom is -0.496 e. The zero-order valence-electron chi connectivity index (χ0n) is 26.2. The van der Waals surface area contributed by atoms with Crippen LogP contribution < -0.4 is 9.47 Å². The fourth-order valence-corrected chi connectivity index (χ4v) is 5.45. The van der Waals surface area contributed by atoms with Crippen LogP contribution in [-0.2, 0) is 4.74 Å². The Balaban J connectivity index is 1.93. The molecule has 230 valence electrons. The highest BCUT2D eigenvalue weighted by molar-refractivity contribution is 5.90. The summed E-state index contributed by atoms with van der Waals surface area (Å²) >= 11 is 0. The molecule has 0 aromatic heterocycles. The van der Waals surface area contributed by atoms with Crippen molar-refractivity contribution >= 4 is 17.6 Å². The highest BCUT2D eigenvalue weighted by Crippen LogP contribution is 2.49. The van der Waals surface area contributed by atoms with Gasteiger partial charge in [-0.1, -0.05) is 45.4 Å². The molecule has 0 spiro atoms. The molecule has 1 aliphatic rings. The lowest BCUT2D eigenvalue weighted by molar-refractivity contribution is -0.0191. The Labute approximate surface area is 249 Å². The third-order valence-electron chi connectivity index (χ3n) is 8.05. The first-order valence-electron chi connectivity index (χ1n) is 14.5. The molecule has 2 atom stereocenters. The Morgan fingerprint density at radius 1 is 1.02 bits per heavy atom. The second-order valence-corrected chi connectivity index (χ2v) is 11.9. The number of hydrogen-bond acceptors (Lipinski definition) is 8. The number of hydrogen-bond donors (Lipinski definition) is 2. The third-order valence-corrected chi connectivity index (χ3v) is 8.05. The molecule has 0 fully saturated rings. The molecule has 42 heavy (non-hydrogen) atoms. The van der Waals surface area contributed by atoms with Crippen molar-refractivity contribution in [3.8, 4) is 11.5 Å². The van der Waals surface area contributed by atoms with E-state index >= 15 is 0 Å². The zero-order valence-corrected chi connectivity index (χ0v) is 26.2. The summed E-state index contributed by atoms with van der Waals surface area (Å²) in [5, 5.41) is 23.1. The highest BCUT2D eigenvalue weighted by atomic mass is 16.6. The second kappa shape index (κ2) is 13.7. The lowest BCUT2D eigenvalue weighted by Crippen LogP contribution is -2.47. The van der Waals surface area contributed by atoms with Gasteiger partial charge in [-0.2, -0.15) is 0 Å². The number of esters is 1. The van der Waals surface area contributed by atoms with E-state index in [0.29, 0.717) is 34.6 Å². The topological polar surface area (TPSA) is 109 Å². The van der Waals surface area contributed by atoms with Crippen molar-refractivity contribution in [1.82, 2.24) is 9.80 Å². The number of rotatable bonds is 11. The van der Waals surface area contributed by atoms with Crippen molar-refractivity contribution in [1.29, 1.82) is 0 Å². The summed E-state index contributed by atoms with van der Waals surface area (Å²) in [6.45, 7) is 14.3. The Morgan fingerprint density at radius 2 is 1.67 bits per heavy atom. The van der Waals surface area contributed by atoms with Crippen molar-refractivity contribution in [3.05, 3.63) is 64.7 Å². The largest absolute Gasteiger partial charge is 0.496 e. The summed E-state index contributed by atoms with van der Waals surface area (Å²) in [6, 6.07) is 11.9. The molecule has 0 aliphatic heterocycles. The Morgan fingerprint density at radius 3 is 2.26 bits per heavy atom. The van der Waals surface area contributed by atoms with Gasteiger partial charge in [-0.05, 0) is 68.6 Å².